The summed E-state index contributed by atoms with van der Waals surface area (Å²) in [5.74, 6) is -1.39. The van der Waals surface area contributed by atoms with Crippen molar-refractivity contribution >= 4 is 17.3 Å². The molecule has 0 saturated carbocycles. The first-order valence-corrected chi connectivity index (χ1v) is 7.89. The Morgan fingerprint density at radius 1 is 1.32 bits per heavy atom. The van der Waals surface area contributed by atoms with E-state index in [1.165, 1.54) is 34.9 Å². The van der Waals surface area contributed by atoms with Crippen LogP contribution in [0, 0.1) is 15.9 Å². The molecular formula is C16H15FN6O5. The molecule has 0 atom stereocenters. The molecule has 0 aliphatic rings. The van der Waals surface area contributed by atoms with Gasteiger partial charge < -0.3 is 14.8 Å². The van der Waals surface area contributed by atoms with Crippen molar-refractivity contribution in [2.24, 2.45) is 0 Å². The van der Waals surface area contributed by atoms with E-state index >= 15 is 0 Å². The number of ether oxygens (including phenoxy) is 2. The fraction of sp³-hybridized carbons (Fsp3) is 0.188. The van der Waals surface area contributed by atoms with Crippen LogP contribution in [0.25, 0.3) is 0 Å². The summed E-state index contributed by atoms with van der Waals surface area (Å²) in [5.41, 5.74) is 0.180. The molecule has 2 aromatic heterocycles. The van der Waals surface area contributed by atoms with Gasteiger partial charge in [-0.05, 0) is 12.1 Å². The number of nitrogens with zero attached hydrogens (tertiary/aromatic N) is 5. The molecule has 0 bridgehead atoms. The van der Waals surface area contributed by atoms with E-state index in [0.29, 0.717) is 5.69 Å². The number of hydrogen-bond acceptors (Lipinski definition) is 7. The summed E-state index contributed by atoms with van der Waals surface area (Å²) in [7, 11) is 1.52. The Bertz CT molecular complexity index is 1000. The Morgan fingerprint density at radius 3 is 2.89 bits per heavy atom. The summed E-state index contributed by atoms with van der Waals surface area (Å²) in [6, 6.07) is 4.33. The van der Waals surface area contributed by atoms with Crippen LogP contribution in [0.5, 0.6) is 5.75 Å². The van der Waals surface area contributed by atoms with E-state index in [4.69, 9.17) is 9.47 Å². The number of methoxy groups -OCH3 is 1. The first-order chi connectivity index (χ1) is 13.5. The van der Waals surface area contributed by atoms with Gasteiger partial charge in [0, 0.05) is 25.4 Å². The molecule has 1 aromatic carbocycles. The fourth-order valence-corrected chi connectivity index (χ4v) is 2.27. The van der Waals surface area contributed by atoms with Crippen molar-refractivity contribution in [1.82, 2.24) is 19.6 Å². The molecule has 0 fully saturated rings. The zero-order chi connectivity index (χ0) is 20.1. The lowest BCUT2D eigenvalue weighted by molar-refractivity contribution is -0.386. The normalized spacial score (nSPS) is 10.6. The summed E-state index contributed by atoms with van der Waals surface area (Å²) in [5, 5.41) is 21.6. The van der Waals surface area contributed by atoms with Crippen molar-refractivity contribution in [1.29, 1.82) is 0 Å². The number of aromatic nitrogens is 4. The maximum Gasteiger partial charge on any atom is 0.311 e. The molecule has 12 heteroatoms. The van der Waals surface area contributed by atoms with Gasteiger partial charge in [-0.2, -0.15) is 10.2 Å². The Kier molecular flexibility index (Phi) is 5.60. The van der Waals surface area contributed by atoms with Gasteiger partial charge in [-0.15, -0.1) is 0 Å². The Labute approximate surface area is 157 Å². The van der Waals surface area contributed by atoms with Gasteiger partial charge in [0.05, 0.1) is 23.0 Å². The second kappa shape index (κ2) is 8.26. The van der Waals surface area contributed by atoms with Gasteiger partial charge in [0.1, 0.15) is 12.5 Å². The smallest absolute Gasteiger partial charge is 0.311 e. The first-order valence-electron chi connectivity index (χ1n) is 7.89. The number of benzene rings is 1. The van der Waals surface area contributed by atoms with Gasteiger partial charge >= 0.3 is 5.69 Å². The van der Waals surface area contributed by atoms with Crippen LogP contribution in [0.4, 0.5) is 15.8 Å². The SMILES string of the molecule is COCn1cc(NC(=O)c2ccn(COc3cc(F)ccc3[N+](=O)[O-])n2)cn1. The molecule has 0 spiro atoms. The highest BCUT2D eigenvalue weighted by Crippen LogP contribution is 2.27. The van der Waals surface area contributed by atoms with E-state index in [2.05, 4.69) is 15.5 Å². The minimum atomic E-state index is -0.680. The second-order valence-electron chi connectivity index (χ2n) is 5.52. The van der Waals surface area contributed by atoms with Crippen molar-refractivity contribution in [2.45, 2.75) is 13.5 Å². The van der Waals surface area contributed by atoms with Crippen LogP contribution in [0.2, 0.25) is 0 Å². The third-order valence-corrected chi connectivity index (χ3v) is 3.50. The minimum absolute atomic E-state index is 0.0943. The zero-order valence-corrected chi connectivity index (χ0v) is 14.6. The van der Waals surface area contributed by atoms with Gasteiger partial charge in [0.25, 0.3) is 5.91 Å². The highest BCUT2D eigenvalue weighted by molar-refractivity contribution is 6.02. The van der Waals surface area contributed by atoms with Crippen LogP contribution in [0.15, 0.2) is 42.9 Å². The lowest BCUT2D eigenvalue weighted by atomic mass is 10.3. The topological polar surface area (TPSA) is 126 Å². The second-order valence-corrected chi connectivity index (χ2v) is 5.52. The van der Waals surface area contributed by atoms with Crippen LogP contribution < -0.4 is 10.1 Å². The van der Waals surface area contributed by atoms with E-state index < -0.39 is 16.6 Å². The lowest BCUT2D eigenvalue weighted by Crippen LogP contribution is -2.14. The predicted molar refractivity (Wildman–Crippen MR) is 93.1 cm³/mol. The Morgan fingerprint density at radius 2 is 2.14 bits per heavy atom. The average Bonchev–Trinajstić information content (AvgIpc) is 3.29. The number of nitro groups is 1. The number of hydrogen-bond donors (Lipinski definition) is 1. The Hall–Kier alpha value is -3.80. The van der Waals surface area contributed by atoms with Crippen molar-refractivity contribution in [3.63, 3.8) is 0 Å². The summed E-state index contributed by atoms with van der Waals surface area (Å²) < 4.78 is 26.2. The third-order valence-electron chi connectivity index (χ3n) is 3.50. The summed E-state index contributed by atoms with van der Waals surface area (Å²) in [6.45, 7) is -0.00258. The van der Waals surface area contributed by atoms with E-state index in [1.807, 2.05) is 0 Å². The van der Waals surface area contributed by atoms with Crippen LogP contribution in [0.1, 0.15) is 10.5 Å². The molecule has 146 valence electrons. The molecule has 0 aliphatic heterocycles. The number of nitrogens with one attached hydrogen (secondary N) is 1. The summed E-state index contributed by atoms with van der Waals surface area (Å²) >= 11 is 0. The molecule has 1 amide bonds. The molecule has 1 N–H and O–H groups in total. The fourth-order valence-electron chi connectivity index (χ4n) is 2.27. The van der Waals surface area contributed by atoms with Crippen LogP contribution in [-0.2, 0) is 18.2 Å². The van der Waals surface area contributed by atoms with E-state index in [9.17, 15) is 19.3 Å². The standard InChI is InChI=1S/C16H15FN6O5/c1-27-9-22-8-12(7-18-22)19-16(24)13-4-5-21(20-13)10-28-15-6-11(17)2-3-14(15)23(25)26/h2-8H,9-10H2,1H3,(H,19,24). The van der Waals surface area contributed by atoms with Crippen LogP contribution >= 0.6 is 0 Å². The molecular weight excluding hydrogens is 375 g/mol. The number of anilines is 1. The molecule has 3 aromatic rings. The third kappa shape index (κ3) is 4.48. The van der Waals surface area contributed by atoms with Crippen molar-refractivity contribution < 1.29 is 23.6 Å². The monoisotopic (exact) mass is 390 g/mol. The van der Waals surface area contributed by atoms with Gasteiger partial charge in [-0.25, -0.2) is 13.8 Å². The molecule has 0 radical (unpaired) electrons. The minimum Gasteiger partial charge on any atom is -0.464 e. The summed E-state index contributed by atoms with van der Waals surface area (Å²) in [4.78, 5) is 22.5. The quantitative estimate of drug-likeness (QED) is 0.460. The molecule has 0 aliphatic carbocycles. The number of amides is 1. The lowest BCUT2D eigenvalue weighted by Gasteiger charge is -2.06. The van der Waals surface area contributed by atoms with Crippen molar-refractivity contribution in [3.8, 4) is 5.75 Å². The molecule has 28 heavy (non-hydrogen) atoms. The molecule has 0 saturated heterocycles. The number of carbonyl (C=O) groups is 1. The number of rotatable bonds is 8. The van der Waals surface area contributed by atoms with Crippen molar-refractivity contribution in [2.75, 3.05) is 12.4 Å². The van der Waals surface area contributed by atoms with Crippen molar-refractivity contribution in [3.05, 3.63) is 64.5 Å². The number of nitro benzene ring substituents is 1. The molecule has 0 unspecified atom stereocenters. The van der Waals surface area contributed by atoms with E-state index in [0.717, 1.165) is 18.2 Å². The van der Waals surface area contributed by atoms with Gasteiger partial charge in [-0.3, -0.25) is 14.9 Å². The predicted octanol–water partition coefficient (Wildman–Crippen LogP) is 2.02. The highest BCUT2D eigenvalue weighted by atomic mass is 19.1. The number of halogens is 1. The molecule has 11 nitrogen and oxygen atoms in total. The first kappa shape index (κ1) is 19.0. The van der Waals surface area contributed by atoms with E-state index in [1.54, 1.807) is 6.20 Å². The van der Waals surface area contributed by atoms with Gasteiger partial charge in [0.2, 0.25) is 5.75 Å². The highest BCUT2D eigenvalue weighted by Gasteiger charge is 2.17. The van der Waals surface area contributed by atoms with Crippen LogP contribution in [0.3, 0.4) is 0 Å². The summed E-state index contributed by atoms with van der Waals surface area (Å²) in [6.07, 6.45) is 4.50. The van der Waals surface area contributed by atoms with Gasteiger partial charge in [-0.1, -0.05) is 0 Å². The zero-order valence-electron chi connectivity index (χ0n) is 14.6. The van der Waals surface area contributed by atoms with Crippen LogP contribution in [-0.4, -0.2) is 37.5 Å². The molecule has 2 heterocycles. The van der Waals surface area contributed by atoms with E-state index in [-0.39, 0.29) is 30.6 Å². The maximum absolute atomic E-state index is 13.3. The maximum atomic E-state index is 13.3. The molecule has 3 rings (SSSR count). The van der Waals surface area contributed by atoms with Gasteiger partial charge in [0.15, 0.2) is 12.4 Å². The largest absolute Gasteiger partial charge is 0.464 e. The Balaban J connectivity index is 1.63. The number of carbonyl (C=O) groups excluding carboxylic acids is 1. The average molecular weight is 390 g/mol.